The Morgan fingerprint density at radius 2 is 1.37 bits per heavy atom. The maximum absolute atomic E-state index is 14.5. The number of carbonyl (C=O) groups excluding carboxylic acids is 3. The van der Waals surface area contributed by atoms with Crippen molar-refractivity contribution < 1.29 is 23.2 Å². The predicted octanol–water partition coefficient (Wildman–Crippen LogP) is 8.61. The van der Waals surface area contributed by atoms with Gasteiger partial charge in [-0.25, -0.2) is 8.78 Å². The number of halogens is 3. The molecular formula is C36H26BrF2N3O3S. The molecule has 0 heterocycles. The quantitative estimate of drug-likeness (QED) is 0.101. The van der Waals surface area contributed by atoms with Gasteiger partial charge in [-0.3, -0.25) is 14.4 Å². The molecule has 0 aromatic heterocycles. The van der Waals surface area contributed by atoms with Crippen LogP contribution in [0.3, 0.4) is 0 Å². The van der Waals surface area contributed by atoms with Crippen molar-refractivity contribution >= 4 is 62.9 Å². The molecule has 5 aromatic rings. The molecule has 0 aliphatic rings. The summed E-state index contributed by atoms with van der Waals surface area (Å²) < 4.78 is 29.5. The highest BCUT2D eigenvalue weighted by Gasteiger charge is 2.23. The summed E-state index contributed by atoms with van der Waals surface area (Å²) in [5.74, 6) is -2.72. The van der Waals surface area contributed by atoms with E-state index in [2.05, 4.69) is 31.9 Å². The summed E-state index contributed by atoms with van der Waals surface area (Å²) in [7, 11) is 0. The highest BCUT2D eigenvalue weighted by molar-refractivity contribution is 9.10. The number of amides is 3. The van der Waals surface area contributed by atoms with Gasteiger partial charge in [0, 0.05) is 26.2 Å². The van der Waals surface area contributed by atoms with Crippen LogP contribution in [0.2, 0.25) is 0 Å². The Kier molecular flexibility index (Phi) is 10.7. The van der Waals surface area contributed by atoms with E-state index in [4.69, 9.17) is 0 Å². The van der Waals surface area contributed by atoms with Gasteiger partial charge < -0.3 is 16.0 Å². The van der Waals surface area contributed by atoms with Crippen molar-refractivity contribution in [3.05, 3.63) is 166 Å². The van der Waals surface area contributed by atoms with E-state index < -0.39 is 34.6 Å². The minimum atomic E-state index is -0.715. The van der Waals surface area contributed by atoms with Crippen LogP contribution >= 0.6 is 27.7 Å². The van der Waals surface area contributed by atoms with Crippen LogP contribution < -0.4 is 16.0 Å². The lowest BCUT2D eigenvalue weighted by atomic mass is 10.1. The Morgan fingerprint density at radius 1 is 0.717 bits per heavy atom. The second kappa shape index (κ2) is 15.3. The molecule has 1 unspecified atom stereocenters. The van der Waals surface area contributed by atoms with E-state index in [0.717, 1.165) is 5.56 Å². The van der Waals surface area contributed by atoms with Gasteiger partial charge in [0.2, 0.25) is 5.91 Å². The molecule has 10 heteroatoms. The average molecular weight is 699 g/mol. The second-order valence-corrected chi connectivity index (χ2v) is 12.0. The van der Waals surface area contributed by atoms with Gasteiger partial charge in [0.05, 0.1) is 5.69 Å². The molecule has 0 saturated heterocycles. The molecule has 3 amide bonds. The first-order valence-electron chi connectivity index (χ1n) is 14.0. The van der Waals surface area contributed by atoms with Crippen molar-refractivity contribution in [3.63, 3.8) is 0 Å². The van der Waals surface area contributed by atoms with Gasteiger partial charge in [-0.15, -0.1) is 11.8 Å². The SMILES string of the molecule is O=C(Nc1ccc(SC(C(=O)Nc2ccc(Br)cc2F)c2ccccc2)cc1)/C(=C/c1ccccc1F)NC(=O)c1ccccc1. The maximum Gasteiger partial charge on any atom is 0.272 e. The fourth-order valence-electron chi connectivity index (χ4n) is 4.33. The molecule has 46 heavy (non-hydrogen) atoms. The zero-order chi connectivity index (χ0) is 32.5. The van der Waals surface area contributed by atoms with E-state index in [0.29, 0.717) is 20.6 Å². The zero-order valence-corrected chi connectivity index (χ0v) is 26.4. The monoisotopic (exact) mass is 697 g/mol. The third-order valence-electron chi connectivity index (χ3n) is 6.63. The number of carbonyl (C=O) groups is 3. The third-order valence-corrected chi connectivity index (χ3v) is 8.39. The van der Waals surface area contributed by atoms with Crippen molar-refractivity contribution in [2.45, 2.75) is 10.1 Å². The van der Waals surface area contributed by atoms with Crippen molar-refractivity contribution in [2.75, 3.05) is 10.6 Å². The molecule has 0 radical (unpaired) electrons. The molecule has 0 saturated carbocycles. The van der Waals surface area contributed by atoms with E-state index in [-0.39, 0.29) is 16.9 Å². The Balaban J connectivity index is 1.33. The number of anilines is 2. The molecule has 0 aliphatic carbocycles. The van der Waals surface area contributed by atoms with Crippen LogP contribution in [0.1, 0.15) is 26.7 Å². The number of hydrogen-bond acceptors (Lipinski definition) is 4. The Labute approximate surface area is 277 Å². The van der Waals surface area contributed by atoms with E-state index in [1.165, 1.54) is 48.2 Å². The molecule has 1 atom stereocenters. The number of rotatable bonds is 10. The molecule has 0 spiro atoms. The summed E-state index contributed by atoms with van der Waals surface area (Å²) in [6, 6.07) is 34.5. The van der Waals surface area contributed by atoms with Gasteiger partial charge in [0.25, 0.3) is 11.8 Å². The molecule has 6 nitrogen and oxygen atoms in total. The summed E-state index contributed by atoms with van der Waals surface area (Å²) in [5, 5.41) is 7.29. The van der Waals surface area contributed by atoms with Crippen LogP contribution in [-0.4, -0.2) is 17.7 Å². The highest BCUT2D eigenvalue weighted by atomic mass is 79.9. The largest absolute Gasteiger partial charge is 0.322 e. The van der Waals surface area contributed by atoms with Crippen LogP contribution in [0, 0.1) is 11.6 Å². The van der Waals surface area contributed by atoms with Crippen molar-refractivity contribution in [1.82, 2.24) is 5.32 Å². The number of hydrogen-bond donors (Lipinski definition) is 3. The van der Waals surface area contributed by atoms with E-state index in [1.54, 1.807) is 66.7 Å². The lowest BCUT2D eigenvalue weighted by molar-refractivity contribution is -0.116. The lowest BCUT2D eigenvalue weighted by Crippen LogP contribution is -2.30. The third kappa shape index (κ3) is 8.56. The summed E-state index contributed by atoms with van der Waals surface area (Å²) in [6.07, 6.45) is 1.27. The Hall–Kier alpha value is -5.06. The number of thioether (sulfide) groups is 1. The first kappa shape index (κ1) is 32.3. The van der Waals surface area contributed by atoms with Crippen LogP contribution in [0.15, 0.2) is 142 Å². The van der Waals surface area contributed by atoms with Crippen LogP contribution in [0.25, 0.3) is 6.08 Å². The van der Waals surface area contributed by atoms with Gasteiger partial charge in [0.15, 0.2) is 0 Å². The summed E-state index contributed by atoms with van der Waals surface area (Å²) in [5.41, 5.74) is 1.49. The second-order valence-electron chi connectivity index (χ2n) is 9.90. The fraction of sp³-hybridized carbons (Fsp3) is 0.0278. The normalized spacial score (nSPS) is 11.8. The molecular weight excluding hydrogens is 672 g/mol. The Morgan fingerprint density at radius 3 is 2.04 bits per heavy atom. The maximum atomic E-state index is 14.5. The number of benzene rings is 5. The summed E-state index contributed by atoms with van der Waals surface area (Å²) in [6.45, 7) is 0. The predicted molar refractivity (Wildman–Crippen MR) is 181 cm³/mol. The fourth-order valence-corrected chi connectivity index (χ4v) is 5.69. The van der Waals surface area contributed by atoms with E-state index in [9.17, 15) is 23.2 Å². The minimum absolute atomic E-state index is 0.0615. The summed E-state index contributed by atoms with van der Waals surface area (Å²) in [4.78, 5) is 40.3. The standard InChI is InChI=1S/C36H26BrF2N3O3S/c37-26-15-20-31(30(39)22-26)41-36(45)33(23-9-3-1-4-10-23)46-28-18-16-27(17-19-28)40-35(44)32(21-25-13-7-8-14-29(25)38)42-34(43)24-11-5-2-6-12-24/h1-22,33H,(H,40,44)(H,41,45)(H,42,43)/b32-21-. The van der Waals surface area contributed by atoms with Crippen molar-refractivity contribution in [3.8, 4) is 0 Å². The van der Waals surface area contributed by atoms with E-state index >= 15 is 0 Å². The molecule has 5 aromatic carbocycles. The van der Waals surface area contributed by atoms with Crippen LogP contribution in [-0.2, 0) is 9.59 Å². The average Bonchev–Trinajstić information content (AvgIpc) is 3.07. The topological polar surface area (TPSA) is 87.3 Å². The molecule has 0 bridgehead atoms. The highest BCUT2D eigenvalue weighted by Crippen LogP contribution is 2.37. The van der Waals surface area contributed by atoms with Crippen molar-refractivity contribution in [1.29, 1.82) is 0 Å². The van der Waals surface area contributed by atoms with Gasteiger partial charge in [-0.05, 0) is 72.3 Å². The van der Waals surface area contributed by atoms with E-state index in [1.807, 2.05) is 30.3 Å². The van der Waals surface area contributed by atoms with Gasteiger partial charge in [0.1, 0.15) is 22.6 Å². The Bertz CT molecular complexity index is 1890. The number of nitrogens with one attached hydrogen (secondary N) is 3. The van der Waals surface area contributed by atoms with Crippen molar-refractivity contribution in [2.24, 2.45) is 0 Å². The molecule has 3 N–H and O–H groups in total. The molecule has 0 aliphatic heterocycles. The first-order chi connectivity index (χ1) is 22.3. The van der Waals surface area contributed by atoms with Gasteiger partial charge >= 0.3 is 0 Å². The van der Waals surface area contributed by atoms with Crippen LogP contribution in [0.4, 0.5) is 20.2 Å². The van der Waals surface area contributed by atoms with Gasteiger partial charge in [-0.2, -0.15) is 0 Å². The lowest BCUT2D eigenvalue weighted by Gasteiger charge is -2.18. The zero-order valence-electron chi connectivity index (χ0n) is 24.0. The smallest absolute Gasteiger partial charge is 0.272 e. The van der Waals surface area contributed by atoms with Gasteiger partial charge in [-0.1, -0.05) is 82.7 Å². The first-order valence-corrected chi connectivity index (χ1v) is 15.7. The molecule has 0 fully saturated rings. The molecule has 230 valence electrons. The summed E-state index contributed by atoms with van der Waals surface area (Å²) >= 11 is 4.47. The minimum Gasteiger partial charge on any atom is -0.322 e. The van der Waals surface area contributed by atoms with Crippen LogP contribution in [0.5, 0.6) is 0 Å². The molecule has 5 rings (SSSR count).